The maximum Gasteiger partial charge on any atom is 0.257 e. The van der Waals surface area contributed by atoms with Crippen molar-refractivity contribution in [3.63, 3.8) is 0 Å². The summed E-state index contributed by atoms with van der Waals surface area (Å²) in [6.45, 7) is 6.87. The van der Waals surface area contributed by atoms with E-state index in [4.69, 9.17) is 0 Å². The Bertz CT molecular complexity index is 611. The summed E-state index contributed by atoms with van der Waals surface area (Å²) < 4.78 is 0. The highest BCUT2D eigenvalue weighted by molar-refractivity contribution is 6.04. The zero-order chi connectivity index (χ0) is 15.2. The molecule has 0 aliphatic carbocycles. The van der Waals surface area contributed by atoms with E-state index >= 15 is 0 Å². The summed E-state index contributed by atoms with van der Waals surface area (Å²) in [4.78, 5) is 20.9. The summed E-state index contributed by atoms with van der Waals surface area (Å²) in [7, 11) is 0. The highest BCUT2D eigenvalue weighted by Crippen LogP contribution is 2.18. The highest BCUT2D eigenvalue weighted by atomic mass is 16.1. The Morgan fingerprint density at radius 2 is 2.05 bits per heavy atom. The van der Waals surface area contributed by atoms with Crippen molar-refractivity contribution < 1.29 is 4.79 Å². The second-order valence-electron chi connectivity index (χ2n) is 5.02. The van der Waals surface area contributed by atoms with E-state index in [1.54, 1.807) is 18.3 Å². The second-order valence-corrected chi connectivity index (χ2v) is 5.02. The van der Waals surface area contributed by atoms with Gasteiger partial charge >= 0.3 is 0 Å². The number of carbonyl (C=O) groups excluding carboxylic acids is 1. The number of anilines is 2. The number of nitrogens with zero attached hydrogens (tertiary/aromatic N) is 2. The van der Waals surface area contributed by atoms with E-state index in [1.165, 1.54) is 0 Å². The number of amides is 1. The maximum absolute atomic E-state index is 12.3. The Hall–Kier alpha value is -2.43. The molecule has 0 bridgehead atoms. The van der Waals surface area contributed by atoms with Gasteiger partial charge in [0, 0.05) is 24.0 Å². The molecule has 0 aliphatic rings. The van der Waals surface area contributed by atoms with Crippen LogP contribution in [0.15, 0.2) is 36.5 Å². The molecular formula is C16H20N4O. The van der Waals surface area contributed by atoms with Crippen molar-refractivity contribution in [2.45, 2.75) is 26.7 Å². The standard InChI is InChI=1S/C16H20N4O/c1-4-17-15-10-12(9-13(19-15)11(2)3)16(21)20-14-7-5-6-8-18-14/h5-11H,4H2,1-3H3,(H,17,19)(H,18,20,21). The number of carbonyl (C=O) groups is 1. The van der Waals surface area contributed by atoms with Crippen LogP contribution in [0.2, 0.25) is 0 Å². The lowest BCUT2D eigenvalue weighted by Gasteiger charge is -2.12. The molecule has 2 aromatic rings. The van der Waals surface area contributed by atoms with Crippen LogP contribution >= 0.6 is 0 Å². The first-order valence-electron chi connectivity index (χ1n) is 7.08. The van der Waals surface area contributed by atoms with Crippen molar-refractivity contribution in [3.05, 3.63) is 47.8 Å². The molecule has 0 saturated carbocycles. The third kappa shape index (κ3) is 4.02. The summed E-state index contributed by atoms with van der Waals surface area (Å²) in [6, 6.07) is 8.98. The molecule has 21 heavy (non-hydrogen) atoms. The Balaban J connectivity index is 2.27. The van der Waals surface area contributed by atoms with Gasteiger partial charge in [0.1, 0.15) is 11.6 Å². The maximum atomic E-state index is 12.3. The van der Waals surface area contributed by atoms with Crippen LogP contribution in [0.5, 0.6) is 0 Å². The first kappa shape index (κ1) is 15.0. The van der Waals surface area contributed by atoms with Crippen LogP contribution < -0.4 is 10.6 Å². The summed E-state index contributed by atoms with van der Waals surface area (Å²) in [6.07, 6.45) is 1.64. The highest BCUT2D eigenvalue weighted by Gasteiger charge is 2.12. The average molecular weight is 284 g/mol. The summed E-state index contributed by atoms with van der Waals surface area (Å²) in [5.41, 5.74) is 1.47. The van der Waals surface area contributed by atoms with Gasteiger partial charge in [0.15, 0.2) is 0 Å². The molecule has 0 saturated heterocycles. The second kappa shape index (κ2) is 6.83. The predicted octanol–water partition coefficient (Wildman–Crippen LogP) is 3.28. The molecule has 0 aliphatic heterocycles. The van der Waals surface area contributed by atoms with Crippen molar-refractivity contribution in [1.29, 1.82) is 0 Å². The van der Waals surface area contributed by atoms with Crippen molar-refractivity contribution in [3.8, 4) is 0 Å². The van der Waals surface area contributed by atoms with Crippen molar-refractivity contribution >= 4 is 17.5 Å². The fraction of sp³-hybridized carbons (Fsp3) is 0.312. The van der Waals surface area contributed by atoms with E-state index in [-0.39, 0.29) is 11.8 Å². The van der Waals surface area contributed by atoms with Gasteiger partial charge < -0.3 is 10.6 Å². The van der Waals surface area contributed by atoms with Crippen LogP contribution in [0.25, 0.3) is 0 Å². The van der Waals surface area contributed by atoms with Crippen molar-refractivity contribution in [2.75, 3.05) is 17.2 Å². The Kier molecular flexibility index (Phi) is 4.87. The molecule has 0 fully saturated rings. The predicted molar refractivity (Wildman–Crippen MR) is 84.7 cm³/mol. The lowest BCUT2D eigenvalue weighted by Crippen LogP contribution is -2.15. The molecule has 0 unspecified atom stereocenters. The van der Waals surface area contributed by atoms with Gasteiger partial charge in [-0.15, -0.1) is 0 Å². The number of pyridine rings is 2. The first-order valence-corrected chi connectivity index (χ1v) is 7.08. The van der Waals surface area contributed by atoms with E-state index in [0.29, 0.717) is 11.4 Å². The third-order valence-electron chi connectivity index (χ3n) is 2.96. The van der Waals surface area contributed by atoms with E-state index in [9.17, 15) is 4.79 Å². The normalized spacial score (nSPS) is 10.5. The van der Waals surface area contributed by atoms with Gasteiger partial charge in [-0.25, -0.2) is 9.97 Å². The number of hydrogen-bond acceptors (Lipinski definition) is 4. The molecule has 2 aromatic heterocycles. The minimum absolute atomic E-state index is 0.183. The minimum atomic E-state index is -0.183. The molecule has 0 radical (unpaired) electrons. The van der Waals surface area contributed by atoms with Crippen LogP contribution in [0.4, 0.5) is 11.6 Å². The topological polar surface area (TPSA) is 66.9 Å². The fourth-order valence-corrected chi connectivity index (χ4v) is 1.88. The van der Waals surface area contributed by atoms with E-state index < -0.39 is 0 Å². The van der Waals surface area contributed by atoms with Gasteiger partial charge in [-0.3, -0.25) is 4.79 Å². The average Bonchev–Trinajstić information content (AvgIpc) is 2.48. The van der Waals surface area contributed by atoms with Crippen LogP contribution in [0.1, 0.15) is 42.7 Å². The molecule has 5 nitrogen and oxygen atoms in total. The fourth-order valence-electron chi connectivity index (χ4n) is 1.88. The lowest BCUT2D eigenvalue weighted by molar-refractivity contribution is 0.102. The molecule has 0 spiro atoms. The minimum Gasteiger partial charge on any atom is -0.370 e. The van der Waals surface area contributed by atoms with Gasteiger partial charge in [-0.05, 0) is 37.1 Å². The van der Waals surface area contributed by atoms with Crippen LogP contribution in [0.3, 0.4) is 0 Å². The Morgan fingerprint density at radius 1 is 1.24 bits per heavy atom. The molecule has 2 heterocycles. The van der Waals surface area contributed by atoms with E-state index in [2.05, 4.69) is 34.4 Å². The quantitative estimate of drug-likeness (QED) is 0.884. The smallest absolute Gasteiger partial charge is 0.257 e. The SMILES string of the molecule is CCNc1cc(C(=O)Nc2ccccn2)cc(C(C)C)n1. The van der Waals surface area contributed by atoms with Gasteiger partial charge in [-0.2, -0.15) is 0 Å². The number of nitrogens with one attached hydrogen (secondary N) is 2. The van der Waals surface area contributed by atoms with Crippen LogP contribution in [-0.4, -0.2) is 22.4 Å². The molecular weight excluding hydrogens is 264 g/mol. The summed E-state index contributed by atoms with van der Waals surface area (Å²) >= 11 is 0. The van der Waals surface area contributed by atoms with Gasteiger partial charge in [0.2, 0.25) is 0 Å². The molecule has 0 aromatic carbocycles. The number of aromatic nitrogens is 2. The lowest BCUT2D eigenvalue weighted by atomic mass is 10.1. The summed E-state index contributed by atoms with van der Waals surface area (Å²) in [5.74, 6) is 1.33. The first-order chi connectivity index (χ1) is 10.1. The van der Waals surface area contributed by atoms with E-state index in [1.807, 2.05) is 25.1 Å². The molecule has 5 heteroatoms. The molecule has 2 rings (SSSR count). The summed E-state index contributed by atoms with van der Waals surface area (Å²) in [5, 5.41) is 5.94. The molecule has 0 atom stereocenters. The van der Waals surface area contributed by atoms with Crippen molar-refractivity contribution in [1.82, 2.24) is 9.97 Å². The van der Waals surface area contributed by atoms with Gasteiger partial charge in [0.05, 0.1) is 0 Å². The number of hydrogen-bond donors (Lipinski definition) is 2. The third-order valence-corrected chi connectivity index (χ3v) is 2.96. The zero-order valence-corrected chi connectivity index (χ0v) is 12.6. The molecule has 2 N–H and O–H groups in total. The van der Waals surface area contributed by atoms with Crippen molar-refractivity contribution in [2.24, 2.45) is 0 Å². The zero-order valence-electron chi connectivity index (χ0n) is 12.6. The molecule has 1 amide bonds. The Morgan fingerprint density at radius 3 is 2.67 bits per heavy atom. The van der Waals surface area contributed by atoms with E-state index in [0.717, 1.165) is 18.1 Å². The largest absolute Gasteiger partial charge is 0.370 e. The number of rotatable bonds is 5. The van der Waals surface area contributed by atoms with Crippen LogP contribution in [-0.2, 0) is 0 Å². The molecule has 110 valence electrons. The van der Waals surface area contributed by atoms with Crippen LogP contribution in [0, 0.1) is 0 Å². The van der Waals surface area contributed by atoms with Gasteiger partial charge in [0.25, 0.3) is 5.91 Å². The van der Waals surface area contributed by atoms with Gasteiger partial charge in [-0.1, -0.05) is 19.9 Å². The Labute approximate surface area is 124 Å². The monoisotopic (exact) mass is 284 g/mol.